The molecule has 0 aliphatic carbocycles. The number of aromatic amines is 1. The molecule has 0 saturated carbocycles. The van der Waals surface area contributed by atoms with E-state index >= 15 is 0 Å². The number of rotatable bonds is 2. The SMILES string of the molecule is COC(=O)c1sc2nc(-c3cccs3)[nH]c(=O)c2c1C. The third kappa shape index (κ3) is 1.95. The van der Waals surface area contributed by atoms with Gasteiger partial charge in [-0.15, -0.1) is 22.7 Å². The number of nitrogens with zero attached hydrogens (tertiary/aromatic N) is 1. The van der Waals surface area contributed by atoms with Crippen molar-refractivity contribution in [3.63, 3.8) is 0 Å². The Morgan fingerprint density at radius 3 is 2.90 bits per heavy atom. The van der Waals surface area contributed by atoms with Crippen LogP contribution in [-0.4, -0.2) is 23.0 Å². The third-order valence-electron chi connectivity index (χ3n) is 2.93. The summed E-state index contributed by atoms with van der Waals surface area (Å²) in [6, 6.07) is 3.78. The molecular weight excluding hydrogens is 296 g/mol. The maximum Gasteiger partial charge on any atom is 0.348 e. The lowest BCUT2D eigenvalue weighted by Gasteiger charge is -1.97. The van der Waals surface area contributed by atoms with E-state index in [1.807, 2.05) is 17.5 Å². The number of thiophene rings is 2. The number of hydrogen-bond acceptors (Lipinski definition) is 6. The molecule has 0 saturated heterocycles. The second kappa shape index (κ2) is 4.84. The number of fused-ring (bicyclic) bond motifs is 1. The largest absolute Gasteiger partial charge is 0.465 e. The van der Waals surface area contributed by atoms with E-state index in [4.69, 9.17) is 4.74 Å². The quantitative estimate of drug-likeness (QED) is 0.739. The number of carbonyl (C=O) groups excluding carboxylic acids is 1. The molecule has 3 aromatic rings. The Morgan fingerprint density at radius 2 is 2.25 bits per heavy atom. The van der Waals surface area contributed by atoms with E-state index in [-0.39, 0.29) is 5.56 Å². The van der Waals surface area contributed by atoms with Crippen LogP contribution < -0.4 is 5.56 Å². The molecule has 3 aromatic heterocycles. The first-order valence-electron chi connectivity index (χ1n) is 5.77. The zero-order valence-corrected chi connectivity index (χ0v) is 12.4. The molecule has 0 atom stereocenters. The lowest BCUT2D eigenvalue weighted by atomic mass is 10.2. The van der Waals surface area contributed by atoms with Gasteiger partial charge in [0.05, 0.1) is 17.4 Å². The average molecular weight is 306 g/mol. The Hall–Kier alpha value is -1.99. The maximum absolute atomic E-state index is 12.2. The van der Waals surface area contributed by atoms with Crippen molar-refractivity contribution in [2.75, 3.05) is 7.11 Å². The van der Waals surface area contributed by atoms with E-state index in [1.165, 1.54) is 29.8 Å². The van der Waals surface area contributed by atoms with Gasteiger partial charge in [-0.25, -0.2) is 9.78 Å². The number of nitrogens with one attached hydrogen (secondary N) is 1. The number of esters is 1. The highest BCUT2D eigenvalue weighted by Gasteiger charge is 2.20. The summed E-state index contributed by atoms with van der Waals surface area (Å²) >= 11 is 2.68. The van der Waals surface area contributed by atoms with Gasteiger partial charge in [-0.1, -0.05) is 6.07 Å². The number of aromatic nitrogens is 2. The van der Waals surface area contributed by atoms with Gasteiger partial charge in [0.2, 0.25) is 0 Å². The molecule has 0 aliphatic rings. The molecule has 7 heteroatoms. The van der Waals surface area contributed by atoms with Crippen molar-refractivity contribution < 1.29 is 9.53 Å². The lowest BCUT2D eigenvalue weighted by molar-refractivity contribution is 0.0605. The molecular formula is C13H10N2O3S2. The van der Waals surface area contributed by atoms with E-state index in [0.717, 1.165) is 4.88 Å². The minimum absolute atomic E-state index is 0.234. The number of hydrogen-bond donors (Lipinski definition) is 1. The Morgan fingerprint density at radius 1 is 1.45 bits per heavy atom. The minimum atomic E-state index is -0.442. The van der Waals surface area contributed by atoms with Crippen LogP contribution in [0.5, 0.6) is 0 Å². The molecule has 0 amide bonds. The maximum atomic E-state index is 12.2. The molecule has 3 rings (SSSR count). The number of ether oxygens (including phenoxy) is 1. The van der Waals surface area contributed by atoms with Gasteiger partial charge in [0.1, 0.15) is 9.71 Å². The molecule has 0 unspecified atom stereocenters. The van der Waals surface area contributed by atoms with Crippen LogP contribution in [0.4, 0.5) is 0 Å². The number of aryl methyl sites for hydroxylation is 1. The highest BCUT2D eigenvalue weighted by molar-refractivity contribution is 7.20. The fraction of sp³-hybridized carbons (Fsp3) is 0.154. The smallest absolute Gasteiger partial charge is 0.348 e. The van der Waals surface area contributed by atoms with Gasteiger partial charge in [-0.05, 0) is 23.9 Å². The number of H-pyrrole nitrogens is 1. The van der Waals surface area contributed by atoms with Crippen molar-refractivity contribution in [2.24, 2.45) is 0 Å². The van der Waals surface area contributed by atoms with Crippen LogP contribution in [0, 0.1) is 6.92 Å². The second-order valence-electron chi connectivity index (χ2n) is 4.12. The molecule has 0 aromatic carbocycles. The third-order valence-corrected chi connectivity index (χ3v) is 4.97. The van der Waals surface area contributed by atoms with Gasteiger partial charge in [0, 0.05) is 0 Å². The summed E-state index contributed by atoms with van der Waals surface area (Å²) in [7, 11) is 1.32. The molecule has 0 aliphatic heterocycles. The summed E-state index contributed by atoms with van der Waals surface area (Å²) in [5, 5.41) is 2.37. The zero-order valence-electron chi connectivity index (χ0n) is 10.7. The first-order valence-corrected chi connectivity index (χ1v) is 7.47. The van der Waals surface area contributed by atoms with E-state index in [1.54, 1.807) is 6.92 Å². The van der Waals surface area contributed by atoms with Crippen molar-refractivity contribution in [3.8, 4) is 10.7 Å². The molecule has 20 heavy (non-hydrogen) atoms. The summed E-state index contributed by atoms with van der Waals surface area (Å²) in [6.45, 7) is 1.73. The van der Waals surface area contributed by atoms with Gasteiger partial charge in [-0.3, -0.25) is 4.79 Å². The predicted molar refractivity (Wildman–Crippen MR) is 79.6 cm³/mol. The van der Waals surface area contributed by atoms with Gasteiger partial charge in [0.15, 0.2) is 5.82 Å². The first-order chi connectivity index (χ1) is 9.61. The Balaban J connectivity index is 2.28. The van der Waals surface area contributed by atoms with Crippen molar-refractivity contribution in [1.29, 1.82) is 0 Å². The van der Waals surface area contributed by atoms with Crippen LogP contribution in [0.25, 0.3) is 20.9 Å². The van der Waals surface area contributed by atoms with E-state index in [0.29, 0.717) is 26.5 Å². The minimum Gasteiger partial charge on any atom is -0.465 e. The van der Waals surface area contributed by atoms with Gasteiger partial charge in [0.25, 0.3) is 5.56 Å². The highest BCUT2D eigenvalue weighted by atomic mass is 32.1. The topological polar surface area (TPSA) is 72.0 Å². The fourth-order valence-electron chi connectivity index (χ4n) is 1.96. The van der Waals surface area contributed by atoms with E-state index in [2.05, 4.69) is 9.97 Å². The first kappa shape index (κ1) is 13.0. The molecule has 5 nitrogen and oxygen atoms in total. The van der Waals surface area contributed by atoms with Crippen LogP contribution >= 0.6 is 22.7 Å². The highest BCUT2D eigenvalue weighted by Crippen LogP contribution is 2.29. The van der Waals surface area contributed by atoms with Crippen molar-refractivity contribution in [3.05, 3.63) is 38.3 Å². The predicted octanol–water partition coefficient (Wildman–Crippen LogP) is 2.81. The van der Waals surface area contributed by atoms with E-state index < -0.39 is 5.97 Å². The molecule has 0 fully saturated rings. The second-order valence-corrected chi connectivity index (χ2v) is 6.07. The van der Waals surface area contributed by atoms with Crippen LogP contribution in [0.3, 0.4) is 0 Å². The number of carbonyl (C=O) groups is 1. The zero-order chi connectivity index (χ0) is 14.3. The Bertz CT molecular complexity index is 846. The van der Waals surface area contributed by atoms with Crippen molar-refractivity contribution in [2.45, 2.75) is 6.92 Å². The lowest BCUT2D eigenvalue weighted by Crippen LogP contribution is -2.09. The van der Waals surface area contributed by atoms with Gasteiger partial charge >= 0.3 is 5.97 Å². The van der Waals surface area contributed by atoms with Crippen LogP contribution in [0.2, 0.25) is 0 Å². The van der Waals surface area contributed by atoms with Crippen LogP contribution in [0.1, 0.15) is 15.2 Å². The molecule has 0 spiro atoms. The van der Waals surface area contributed by atoms with E-state index in [9.17, 15) is 9.59 Å². The molecule has 3 heterocycles. The molecule has 102 valence electrons. The molecule has 0 bridgehead atoms. The van der Waals surface area contributed by atoms with Gasteiger partial charge < -0.3 is 9.72 Å². The molecule has 0 radical (unpaired) electrons. The Labute approximate surface area is 121 Å². The van der Waals surface area contributed by atoms with Crippen molar-refractivity contribution in [1.82, 2.24) is 9.97 Å². The summed E-state index contributed by atoms with van der Waals surface area (Å²) in [5.74, 6) is 0.0812. The fourth-order valence-corrected chi connectivity index (χ4v) is 3.73. The van der Waals surface area contributed by atoms with Crippen LogP contribution in [-0.2, 0) is 4.74 Å². The average Bonchev–Trinajstić information content (AvgIpc) is 3.06. The monoisotopic (exact) mass is 306 g/mol. The molecule has 1 N–H and O–H groups in total. The van der Waals surface area contributed by atoms with Crippen LogP contribution in [0.15, 0.2) is 22.3 Å². The normalized spacial score (nSPS) is 10.9. The Kier molecular flexibility index (Phi) is 3.15. The summed E-state index contributed by atoms with van der Waals surface area (Å²) in [4.78, 5) is 32.9. The summed E-state index contributed by atoms with van der Waals surface area (Å²) < 4.78 is 4.72. The van der Waals surface area contributed by atoms with Gasteiger partial charge in [-0.2, -0.15) is 0 Å². The standard InChI is InChI=1S/C13H10N2O3S2/c1-6-8-11(16)14-10(7-4-3-5-19-7)15-12(8)20-9(6)13(17)18-2/h3-5H,1-2H3,(H,14,15,16). The summed E-state index contributed by atoms with van der Waals surface area (Å²) in [5.41, 5.74) is 0.380. The summed E-state index contributed by atoms with van der Waals surface area (Å²) in [6.07, 6.45) is 0. The number of methoxy groups -OCH3 is 1. The van der Waals surface area contributed by atoms with Crippen molar-refractivity contribution >= 4 is 38.9 Å².